The Labute approximate surface area is 159 Å². The molecule has 1 aromatic carbocycles. The summed E-state index contributed by atoms with van der Waals surface area (Å²) < 4.78 is 0. The number of halogens is 2. The average molecular weight is 383 g/mol. The molecule has 0 spiro atoms. The highest BCUT2D eigenvalue weighted by Gasteiger charge is 2.21. The van der Waals surface area contributed by atoms with Crippen molar-refractivity contribution in [1.82, 2.24) is 0 Å². The van der Waals surface area contributed by atoms with Gasteiger partial charge in [0.2, 0.25) is 0 Å². The van der Waals surface area contributed by atoms with Crippen LogP contribution in [0, 0.1) is 11.8 Å². The minimum atomic E-state index is -0.937. The molecule has 0 amide bonds. The third kappa shape index (κ3) is 7.50. The van der Waals surface area contributed by atoms with Gasteiger partial charge in [0, 0.05) is 12.0 Å². The van der Waals surface area contributed by atoms with Gasteiger partial charge in [-0.15, -0.1) is 0 Å². The normalized spacial score (nSPS) is 10.2. The first kappa shape index (κ1) is 21.5. The lowest BCUT2D eigenvalue weighted by Gasteiger charge is -2.06. The van der Waals surface area contributed by atoms with E-state index in [0.717, 1.165) is 12.8 Å². The lowest BCUT2D eigenvalue weighted by Crippen LogP contribution is -2.04. The molecule has 25 heavy (non-hydrogen) atoms. The van der Waals surface area contributed by atoms with E-state index in [9.17, 15) is 14.7 Å². The third-order valence-corrected chi connectivity index (χ3v) is 4.33. The second-order valence-electron chi connectivity index (χ2n) is 5.96. The van der Waals surface area contributed by atoms with Crippen LogP contribution < -0.4 is 0 Å². The zero-order chi connectivity index (χ0) is 18.7. The van der Waals surface area contributed by atoms with E-state index in [1.807, 2.05) is 0 Å². The summed E-state index contributed by atoms with van der Waals surface area (Å²) in [5, 5.41) is 7.92. The van der Waals surface area contributed by atoms with Gasteiger partial charge in [0.1, 0.15) is 5.75 Å². The number of carbonyl (C=O) groups excluding carboxylic acids is 2. The van der Waals surface area contributed by atoms with Crippen molar-refractivity contribution in [2.75, 3.05) is 0 Å². The monoisotopic (exact) mass is 382 g/mol. The Morgan fingerprint density at radius 1 is 0.920 bits per heavy atom. The number of rotatable bonds is 10. The molecule has 1 N–H and O–H groups in total. The third-order valence-electron chi connectivity index (χ3n) is 3.95. The lowest BCUT2D eigenvalue weighted by atomic mass is 10.0. The van der Waals surface area contributed by atoms with Gasteiger partial charge in [0.05, 0.1) is 11.1 Å². The summed E-state index contributed by atoms with van der Waals surface area (Å²) in [4.78, 5) is 23.0. The van der Waals surface area contributed by atoms with Gasteiger partial charge in [0.25, 0.3) is 10.5 Å². The van der Waals surface area contributed by atoms with Crippen molar-refractivity contribution in [3.63, 3.8) is 0 Å². The van der Waals surface area contributed by atoms with Crippen LogP contribution in [0.3, 0.4) is 0 Å². The zero-order valence-electron chi connectivity index (χ0n) is 14.5. The number of hydrogen-bond donors (Lipinski definition) is 1. The second-order valence-corrected chi connectivity index (χ2v) is 6.64. The molecule has 5 heteroatoms. The van der Waals surface area contributed by atoms with Crippen molar-refractivity contribution >= 4 is 33.7 Å². The van der Waals surface area contributed by atoms with Gasteiger partial charge in [-0.05, 0) is 41.8 Å². The second kappa shape index (κ2) is 12.0. The highest BCUT2D eigenvalue weighted by Crippen LogP contribution is 2.27. The molecule has 1 aromatic rings. The van der Waals surface area contributed by atoms with E-state index in [-0.39, 0.29) is 16.9 Å². The van der Waals surface area contributed by atoms with E-state index in [1.54, 1.807) is 0 Å². The first-order valence-corrected chi connectivity index (χ1v) is 9.49. The number of hydrogen-bond acceptors (Lipinski definition) is 3. The molecule has 0 unspecified atom stereocenters. The van der Waals surface area contributed by atoms with E-state index in [0.29, 0.717) is 12.0 Å². The number of unbranched alkanes of at least 4 members (excludes halogenated alkanes) is 8. The molecule has 0 aliphatic heterocycles. The first-order valence-electron chi connectivity index (χ1n) is 8.73. The van der Waals surface area contributed by atoms with Gasteiger partial charge in [-0.1, -0.05) is 63.7 Å². The molecule has 0 aromatic heterocycles. The van der Waals surface area contributed by atoms with E-state index in [1.165, 1.54) is 50.7 Å². The summed E-state index contributed by atoms with van der Waals surface area (Å²) in [6.07, 6.45) is 10.5. The fourth-order valence-electron chi connectivity index (χ4n) is 2.60. The predicted octanol–water partition coefficient (Wildman–Crippen LogP) is 6.03. The van der Waals surface area contributed by atoms with E-state index in [2.05, 4.69) is 18.8 Å². The van der Waals surface area contributed by atoms with Crippen molar-refractivity contribution in [3.05, 3.63) is 28.8 Å². The van der Waals surface area contributed by atoms with E-state index < -0.39 is 10.5 Å². The zero-order valence-corrected chi connectivity index (χ0v) is 16.1. The van der Waals surface area contributed by atoms with Gasteiger partial charge in [-0.25, -0.2) is 0 Å². The maximum Gasteiger partial charge on any atom is 0.256 e. The van der Waals surface area contributed by atoms with E-state index >= 15 is 0 Å². The summed E-state index contributed by atoms with van der Waals surface area (Å²) in [6.45, 7) is 2.21. The van der Waals surface area contributed by atoms with Crippen molar-refractivity contribution in [1.29, 1.82) is 0 Å². The smallest absolute Gasteiger partial charge is 0.256 e. The van der Waals surface area contributed by atoms with Gasteiger partial charge < -0.3 is 5.11 Å². The molecule has 0 aliphatic rings. The van der Waals surface area contributed by atoms with Crippen LogP contribution in [0.1, 0.15) is 91.0 Å². The standard InChI is InChI=1S/C20H24Cl2O3/c1-2-3-4-5-6-7-8-9-10-11-12-15-13-14-16(23)18(20(22)25)17(15)19(21)24/h13-14,23H,2-10H2,1H3. The Kier molecular flexibility index (Phi) is 10.3. The summed E-state index contributed by atoms with van der Waals surface area (Å²) in [6, 6.07) is 2.76. The Balaban J connectivity index is 2.58. The molecule has 0 radical (unpaired) electrons. The van der Waals surface area contributed by atoms with Crippen molar-refractivity contribution in [3.8, 4) is 17.6 Å². The first-order chi connectivity index (χ1) is 12.0. The molecule has 0 bridgehead atoms. The fourth-order valence-corrected chi connectivity index (χ4v) is 2.99. The Hall–Kier alpha value is -1.50. The average Bonchev–Trinajstić information content (AvgIpc) is 2.56. The molecule has 0 atom stereocenters. The molecule has 0 saturated carbocycles. The largest absolute Gasteiger partial charge is 0.507 e. The van der Waals surface area contributed by atoms with Gasteiger partial charge in [0.15, 0.2) is 0 Å². The Morgan fingerprint density at radius 2 is 1.48 bits per heavy atom. The van der Waals surface area contributed by atoms with Crippen LogP contribution in [0.2, 0.25) is 0 Å². The molecule has 0 aliphatic carbocycles. The minimum Gasteiger partial charge on any atom is -0.507 e. The Bertz CT molecular complexity index is 657. The van der Waals surface area contributed by atoms with Gasteiger partial charge >= 0.3 is 0 Å². The van der Waals surface area contributed by atoms with Crippen molar-refractivity contribution in [2.24, 2.45) is 0 Å². The fraction of sp³-hybridized carbons (Fsp3) is 0.500. The summed E-state index contributed by atoms with van der Waals surface area (Å²) in [7, 11) is 0. The van der Waals surface area contributed by atoms with Crippen molar-refractivity contribution < 1.29 is 14.7 Å². The van der Waals surface area contributed by atoms with Crippen LogP contribution in [0.25, 0.3) is 0 Å². The summed E-state index contributed by atoms with van der Waals surface area (Å²) in [5.41, 5.74) is -0.119. The SMILES string of the molecule is CCCCCCCCCCC#Cc1ccc(O)c(C(=O)Cl)c1C(=O)Cl. The predicted molar refractivity (Wildman–Crippen MR) is 103 cm³/mol. The number of phenolic OH excluding ortho intramolecular Hbond substituents is 1. The molecule has 3 nitrogen and oxygen atoms in total. The molecular weight excluding hydrogens is 359 g/mol. The van der Waals surface area contributed by atoms with Crippen LogP contribution in [-0.2, 0) is 0 Å². The van der Waals surface area contributed by atoms with Crippen LogP contribution >= 0.6 is 23.2 Å². The van der Waals surface area contributed by atoms with Crippen LogP contribution in [0.4, 0.5) is 0 Å². The molecule has 0 fully saturated rings. The van der Waals surface area contributed by atoms with Crippen LogP contribution in [0.5, 0.6) is 5.75 Å². The topological polar surface area (TPSA) is 54.4 Å². The molecule has 0 heterocycles. The summed E-state index contributed by atoms with van der Waals surface area (Å²) >= 11 is 11.0. The summed E-state index contributed by atoms with van der Waals surface area (Å²) in [5.74, 6) is 5.48. The number of carbonyl (C=O) groups is 2. The molecule has 136 valence electrons. The number of benzene rings is 1. The maximum atomic E-state index is 11.6. The highest BCUT2D eigenvalue weighted by atomic mass is 35.5. The number of aromatic hydroxyl groups is 1. The highest BCUT2D eigenvalue weighted by molar-refractivity contribution is 6.72. The molecule has 0 saturated heterocycles. The van der Waals surface area contributed by atoms with Gasteiger partial charge in [-0.3, -0.25) is 9.59 Å². The van der Waals surface area contributed by atoms with Crippen LogP contribution in [0.15, 0.2) is 12.1 Å². The minimum absolute atomic E-state index is 0.134. The Morgan fingerprint density at radius 3 is 2.04 bits per heavy atom. The molecule has 1 rings (SSSR count). The quantitative estimate of drug-likeness (QED) is 0.305. The van der Waals surface area contributed by atoms with Gasteiger partial charge in [-0.2, -0.15) is 0 Å². The molecular formula is C20H24Cl2O3. The van der Waals surface area contributed by atoms with Crippen LogP contribution in [-0.4, -0.2) is 15.6 Å². The maximum absolute atomic E-state index is 11.6. The lowest BCUT2D eigenvalue weighted by molar-refractivity contribution is 0.104. The van der Waals surface area contributed by atoms with E-state index in [4.69, 9.17) is 23.2 Å². The van der Waals surface area contributed by atoms with Crippen molar-refractivity contribution in [2.45, 2.75) is 64.7 Å². The number of phenols is 1.